The average Bonchev–Trinajstić information content (AvgIpc) is 3.84. The molecule has 2 saturated heterocycles. The van der Waals surface area contributed by atoms with E-state index in [0.29, 0.717) is 182 Å². The minimum Gasteiger partial charge on any atom is -0.377 e. The fourth-order valence-corrected chi connectivity index (χ4v) is 7.83. The van der Waals surface area contributed by atoms with Gasteiger partial charge < -0.3 is 73.4 Å². The second-order valence-corrected chi connectivity index (χ2v) is 16.3. The quantitative estimate of drug-likeness (QED) is 0.0550. The molecule has 4 amide bonds. The SMILES string of the molecule is CC(C)c1ccc(C(=O)NCCOCCOCCOCCOCCOCCOCCOCCOCCOCCOCCOCCNC(=O)CCCC[C@@H]2SC[C@@H]3NC(=O)N[C@@H]32)cc1. The smallest absolute Gasteiger partial charge is 0.315 e. The van der Waals surface area contributed by atoms with Gasteiger partial charge in [0.1, 0.15) is 0 Å². The predicted molar refractivity (Wildman–Crippen MR) is 239 cm³/mol. The Bertz CT molecular complexity index is 1300. The zero-order valence-corrected chi connectivity index (χ0v) is 38.6. The number of amides is 4. The highest BCUT2D eigenvalue weighted by atomic mass is 32.2. The van der Waals surface area contributed by atoms with Crippen LogP contribution in [-0.4, -0.2) is 199 Å². The molecular weight excluding hydrogens is 841 g/mol. The molecule has 0 unspecified atom stereocenters. The monoisotopic (exact) mass is 917 g/mol. The third-order valence-electron chi connectivity index (χ3n) is 9.74. The zero-order chi connectivity index (χ0) is 44.8. The first-order valence-electron chi connectivity index (χ1n) is 22.6. The number of thioether (sulfide) groups is 1. The molecule has 0 saturated carbocycles. The van der Waals surface area contributed by atoms with E-state index in [1.165, 1.54) is 5.56 Å². The second kappa shape index (κ2) is 37.5. The van der Waals surface area contributed by atoms with Crippen LogP contribution in [0.4, 0.5) is 4.79 Å². The van der Waals surface area contributed by atoms with Crippen LogP contribution in [0.1, 0.15) is 61.4 Å². The molecule has 3 rings (SSSR count). The molecule has 19 heteroatoms. The van der Waals surface area contributed by atoms with Crippen LogP contribution < -0.4 is 21.3 Å². The molecule has 3 atom stereocenters. The molecular formula is C44H76N4O14S. The van der Waals surface area contributed by atoms with Crippen molar-refractivity contribution in [2.45, 2.75) is 62.8 Å². The van der Waals surface area contributed by atoms with Crippen LogP contribution >= 0.6 is 11.8 Å². The molecule has 1 aromatic rings. The highest BCUT2D eigenvalue weighted by Crippen LogP contribution is 2.33. The Hall–Kier alpha value is -2.66. The molecule has 0 aromatic heterocycles. The van der Waals surface area contributed by atoms with Crippen molar-refractivity contribution >= 4 is 29.6 Å². The molecule has 0 bridgehead atoms. The van der Waals surface area contributed by atoms with Crippen molar-refractivity contribution in [2.24, 2.45) is 0 Å². The zero-order valence-electron chi connectivity index (χ0n) is 37.7. The van der Waals surface area contributed by atoms with Crippen molar-refractivity contribution in [2.75, 3.05) is 164 Å². The summed E-state index contributed by atoms with van der Waals surface area (Å²) in [4.78, 5) is 35.7. The number of ether oxygens (including phenoxy) is 11. The van der Waals surface area contributed by atoms with Gasteiger partial charge in [0.25, 0.3) is 5.91 Å². The Labute approximate surface area is 378 Å². The minimum absolute atomic E-state index is 0.0400. The van der Waals surface area contributed by atoms with Gasteiger partial charge in [0.2, 0.25) is 5.91 Å². The molecule has 0 aliphatic carbocycles. The topological polar surface area (TPSA) is 201 Å². The van der Waals surface area contributed by atoms with Gasteiger partial charge >= 0.3 is 6.03 Å². The van der Waals surface area contributed by atoms with Crippen LogP contribution in [0.15, 0.2) is 24.3 Å². The minimum atomic E-state index is -0.102. The highest BCUT2D eigenvalue weighted by Gasteiger charge is 2.42. The molecule has 2 aliphatic heterocycles. The lowest BCUT2D eigenvalue weighted by Gasteiger charge is -2.16. The number of urea groups is 1. The standard InChI is InChI=1S/C44H76N4O14S/c1-36(2)37-7-9-38(10-8-37)43(50)46-12-14-53-16-18-55-20-22-57-24-26-59-28-30-61-32-34-62-33-31-60-29-27-58-25-23-56-21-19-54-17-15-52-13-11-45-41(49)6-4-3-5-40-42-39(35-63-40)47-44(51)48-42/h7-10,36,39-40,42H,3-6,11-35H2,1-2H3,(H,45,49)(H,46,50)(H2,47,48,51)/t39-,40-,42-/m0/s1. The summed E-state index contributed by atoms with van der Waals surface area (Å²) < 4.78 is 60.6. The van der Waals surface area contributed by atoms with E-state index in [9.17, 15) is 14.4 Å². The summed E-state index contributed by atoms with van der Waals surface area (Å²) in [5.41, 5.74) is 1.86. The third-order valence-corrected chi connectivity index (χ3v) is 11.2. The number of hydrogen-bond acceptors (Lipinski definition) is 15. The molecule has 0 spiro atoms. The summed E-state index contributed by atoms with van der Waals surface area (Å²) in [5.74, 6) is 1.33. The summed E-state index contributed by atoms with van der Waals surface area (Å²) in [6.07, 6.45) is 3.32. The lowest BCUT2D eigenvalue weighted by Crippen LogP contribution is -2.36. The number of unbranched alkanes of at least 4 members (excludes halogenated alkanes) is 1. The number of carbonyl (C=O) groups is 3. The first-order valence-corrected chi connectivity index (χ1v) is 23.7. The van der Waals surface area contributed by atoms with Crippen molar-refractivity contribution < 1.29 is 66.5 Å². The number of benzene rings is 1. The maximum atomic E-state index is 12.2. The van der Waals surface area contributed by atoms with Gasteiger partial charge in [-0.25, -0.2) is 4.79 Å². The van der Waals surface area contributed by atoms with E-state index in [1.807, 2.05) is 36.0 Å². The van der Waals surface area contributed by atoms with Gasteiger partial charge in [0.05, 0.1) is 157 Å². The summed E-state index contributed by atoms with van der Waals surface area (Å²) in [7, 11) is 0. The molecule has 63 heavy (non-hydrogen) atoms. The van der Waals surface area contributed by atoms with E-state index in [1.54, 1.807) is 0 Å². The summed E-state index contributed by atoms with van der Waals surface area (Å²) in [6.45, 7) is 15.5. The van der Waals surface area contributed by atoms with Gasteiger partial charge in [-0.15, -0.1) is 0 Å². The largest absolute Gasteiger partial charge is 0.377 e. The summed E-state index contributed by atoms with van der Waals surface area (Å²) >= 11 is 1.90. The second-order valence-electron chi connectivity index (χ2n) is 15.0. The van der Waals surface area contributed by atoms with Crippen molar-refractivity contribution in [3.63, 3.8) is 0 Å². The van der Waals surface area contributed by atoms with E-state index < -0.39 is 0 Å². The van der Waals surface area contributed by atoms with E-state index in [2.05, 4.69) is 35.1 Å². The Morgan fingerprint density at radius 3 is 1.38 bits per heavy atom. The Morgan fingerprint density at radius 2 is 0.968 bits per heavy atom. The van der Waals surface area contributed by atoms with Crippen LogP contribution in [0.5, 0.6) is 0 Å². The molecule has 0 radical (unpaired) electrons. The molecule has 18 nitrogen and oxygen atoms in total. The van der Waals surface area contributed by atoms with Crippen LogP contribution in [-0.2, 0) is 56.9 Å². The molecule has 2 aliphatic rings. The lowest BCUT2D eigenvalue weighted by atomic mass is 10.0. The Kier molecular flexibility index (Phi) is 32.6. The number of fused-ring (bicyclic) bond motifs is 1. The van der Waals surface area contributed by atoms with Crippen LogP contribution in [0.3, 0.4) is 0 Å². The fourth-order valence-electron chi connectivity index (χ4n) is 6.28. The molecule has 1 aromatic carbocycles. The van der Waals surface area contributed by atoms with Crippen LogP contribution in [0, 0.1) is 0 Å². The number of hydrogen-bond donors (Lipinski definition) is 4. The van der Waals surface area contributed by atoms with Gasteiger partial charge in [-0.3, -0.25) is 9.59 Å². The van der Waals surface area contributed by atoms with E-state index in [-0.39, 0.29) is 29.9 Å². The number of carbonyl (C=O) groups excluding carboxylic acids is 3. The fraction of sp³-hybridized carbons (Fsp3) is 0.795. The molecule has 4 N–H and O–H groups in total. The first kappa shape index (κ1) is 54.7. The van der Waals surface area contributed by atoms with E-state index >= 15 is 0 Å². The van der Waals surface area contributed by atoms with Crippen LogP contribution in [0.2, 0.25) is 0 Å². The predicted octanol–water partition coefficient (Wildman–Crippen LogP) is 2.56. The van der Waals surface area contributed by atoms with Gasteiger partial charge in [-0.2, -0.15) is 11.8 Å². The Morgan fingerprint density at radius 1 is 0.571 bits per heavy atom. The summed E-state index contributed by atoms with van der Waals surface area (Å²) in [5, 5.41) is 12.1. The summed E-state index contributed by atoms with van der Waals surface area (Å²) in [6, 6.07) is 8.07. The van der Waals surface area contributed by atoms with Crippen molar-refractivity contribution in [1.29, 1.82) is 0 Å². The van der Waals surface area contributed by atoms with Crippen LogP contribution in [0.25, 0.3) is 0 Å². The molecule has 2 fully saturated rings. The number of rotatable bonds is 43. The van der Waals surface area contributed by atoms with Gasteiger partial charge in [-0.1, -0.05) is 32.4 Å². The number of nitrogens with one attached hydrogen (secondary N) is 4. The van der Waals surface area contributed by atoms with Gasteiger partial charge in [0, 0.05) is 36.1 Å². The first-order chi connectivity index (χ1) is 30.9. The highest BCUT2D eigenvalue weighted by molar-refractivity contribution is 8.00. The van der Waals surface area contributed by atoms with Crippen molar-refractivity contribution in [1.82, 2.24) is 21.3 Å². The maximum absolute atomic E-state index is 12.2. The molecule has 2 heterocycles. The van der Waals surface area contributed by atoms with Gasteiger partial charge in [-0.05, 0) is 36.5 Å². The van der Waals surface area contributed by atoms with E-state index in [0.717, 1.165) is 25.0 Å². The maximum Gasteiger partial charge on any atom is 0.315 e. The van der Waals surface area contributed by atoms with Gasteiger partial charge in [0.15, 0.2) is 0 Å². The average molecular weight is 917 g/mol. The third kappa shape index (κ3) is 28.1. The molecule has 362 valence electrons. The van der Waals surface area contributed by atoms with Crippen molar-refractivity contribution in [3.8, 4) is 0 Å². The lowest BCUT2D eigenvalue weighted by molar-refractivity contribution is -0.121. The van der Waals surface area contributed by atoms with E-state index in [4.69, 9.17) is 52.1 Å². The normalized spacial score (nSPS) is 16.9. The van der Waals surface area contributed by atoms with Crippen molar-refractivity contribution in [3.05, 3.63) is 35.4 Å². The Balaban J connectivity index is 0.893.